The van der Waals surface area contributed by atoms with Gasteiger partial charge in [0.15, 0.2) is 0 Å². The van der Waals surface area contributed by atoms with E-state index in [1.807, 2.05) is 0 Å². The molecule has 0 aliphatic heterocycles. The Morgan fingerprint density at radius 2 is 0.375 bits per heavy atom. The fraction of sp³-hybridized carbons (Fsp3) is 0. The maximum absolute atomic E-state index is 0. The van der Waals surface area contributed by atoms with Crippen LogP contribution < -0.4 is 74.4 Å². The minimum absolute atomic E-state index is 0. The Bertz CT molecular complexity index is 8.49. The summed E-state index contributed by atoms with van der Waals surface area (Å²) in [5.41, 5.74) is 0. The molecule has 0 rings (SSSR count). The van der Waals surface area contributed by atoms with Crippen LogP contribution in [-0.2, 0) is 27.2 Å². The first-order valence-electron chi connectivity index (χ1n) is 0. The van der Waals surface area contributed by atoms with Gasteiger partial charge in [0.2, 0.25) is 0 Å². The molecule has 0 spiro atoms. The van der Waals surface area contributed by atoms with Crippen molar-refractivity contribution in [2.75, 3.05) is 0 Å². The molecule has 0 saturated heterocycles. The fourth-order valence-electron chi connectivity index (χ4n) is 0. The second-order valence-corrected chi connectivity index (χ2v) is 0. The van der Waals surface area contributed by atoms with Crippen LogP contribution in [0.4, 0.5) is 0 Å². The van der Waals surface area contributed by atoms with Gasteiger partial charge in [-0.15, -0.1) is 0 Å². The first-order chi connectivity index (χ1) is 0. The Morgan fingerprint density at radius 1 is 0.375 bits per heavy atom. The summed E-state index contributed by atoms with van der Waals surface area (Å²) < 4.78 is 0. The minimum atomic E-state index is 0. The predicted molar refractivity (Wildman–Crippen MR) is 6.27 cm³/mol. The Labute approximate surface area is 101 Å². The average molecular weight is 281 g/mol. The van der Waals surface area contributed by atoms with Crippen LogP contribution in [0.15, 0.2) is 0 Å². The topological polar surface area (TPSA) is 34.5 Å². The predicted octanol–water partition coefficient (Wildman–Crippen LogP) is -19.2. The summed E-state index contributed by atoms with van der Waals surface area (Å²) in [6.07, 6.45) is 0. The molecular formula is H4Cl6OTi. The second-order valence-electron chi connectivity index (χ2n) is 0. The van der Waals surface area contributed by atoms with Crippen molar-refractivity contribution in [2.24, 2.45) is 0 Å². The zero-order valence-corrected chi connectivity index (χ0v) is 9.57. The third-order valence-electron chi connectivity index (χ3n) is 0. The molecule has 0 fully saturated rings. The summed E-state index contributed by atoms with van der Waals surface area (Å²) >= 11 is 0. The molecule has 0 amide bonds. The van der Waals surface area contributed by atoms with Gasteiger partial charge in [0.25, 0.3) is 0 Å². The SMILES string of the molecule is [Cl-].[Cl-].[Cl-].[Cl-].[Cl-].[Cl-].[OH4+2].[Ti+4]. The van der Waals surface area contributed by atoms with Crippen molar-refractivity contribution in [3.05, 3.63) is 0 Å². The normalized spacial score (nSPS) is 0. The van der Waals surface area contributed by atoms with Gasteiger partial charge >= 0.3 is 21.7 Å². The Morgan fingerprint density at radius 3 is 0.375 bits per heavy atom. The van der Waals surface area contributed by atoms with Crippen molar-refractivity contribution in [3.8, 4) is 0 Å². The molecular weight excluding hydrogens is 277 g/mol. The third kappa shape index (κ3) is 79.4. The van der Waals surface area contributed by atoms with Gasteiger partial charge in [-0.25, -0.2) is 0 Å². The number of hydrogen-bond acceptors (Lipinski definition) is 0. The average Bonchev–Trinajstić information content (AvgIpc) is 0. The number of hydrogen-bond donors (Lipinski definition) is 0. The zero-order chi connectivity index (χ0) is 0. The smallest absolute Gasteiger partial charge is 1.00 e. The fourth-order valence-corrected chi connectivity index (χ4v) is 0. The zero-order valence-electron chi connectivity index (χ0n) is 3.47. The molecule has 0 aromatic rings. The second kappa shape index (κ2) is 114. The van der Waals surface area contributed by atoms with E-state index in [4.69, 9.17) is 0 Å². The van der Waals surface area contributed by atoms with Crippen LogP contribution in [0.1, 0.15) is 0 Å². The van der Waals surface area contributed by atoms with Crippen LogP contribution in [0.5, 0.6) is 0 Å². The summed E-state index contributed by atoms with van der Waals surface area (Å²) in [5.74, 6) is 0. The standard InChI is InChI=1S/6ClH.H4O.Ti/h6*1H;1H4;/q;;;;;;+2;+4/p-6. The van der Waals surface area contributed by atoms with Crippen LogP contribution >= 0.6 is 0 Å². The van der Waals surface area contributed by atoms with E-state index < -0.39 is 0 Å². The molecule has 56 valence electrons. The van der Waals surface area contributed by atoms with Crippen LogP contribution in [0.3, 0.4) is 0 Å². The molecule has 0 heterocycles. The number of rotatable bonds is 0. The molecule has 0 radical (unpaired) electrons. The van der Waals surface area contributed by atoms with E-state index in [2.05, 4.69) is 0 Å². The Kier molecular flexibility index (Phi) is 2260. The third-order valence-corrected chi connectivity index (χ3v) is 0. The van der Waals surface area contributed by atoms with E-state index in [0.717, 1.165) is 0 Å². The molecule has 0 aliphatic carbocycles. The molecule has 4 N–H and O–H groups in total. The van der Waals surface area contributed by atoms with Crippen molar-refractivity contribution < 1.29 is 102 Å². The maximum atomic E-state index is 0. The van der Waals surface area contributed by atoms with Gasteiger partial charge < -0.3 is 79.9 Å². The van der Waals surface area contributed by atoms with E-state index in [1.165, 1.54) is 0 Å². The molecule has 0 unspecified atom stereocenters. The summed E-state index contributed by atoms with van der Waals surface area (Å²) in [4.78, 5) is 0. The van der Waals surface area contributed by atoms with Gasteiger partial charge in [0, 0.05) is 0 Å². The van der Waals surface area contributed by atoms with Gasteiger partial charge in [0.1, 0.15) is 0 Å². The molecule has 8 heavy (non-hydrogen) atoms. The van der Waals surface area contributed by atoms with E-state index in [1.54, 1.807) is 0 Å². The van der Waals surface area contributed by atoms with Gasteiger partial charge in [-0.05, 0) is 0 Å². The molecule has 0 aromatic heterocycles. The first kappa shape index (κ1) is 158. The minimum Gasteiger partial charge on any atom is -1.00 e. The van der Waals surface area contributed by atoms with Gasteiger partial charge in [0.05, 0.1) is 0 Å². The summed E-state index contributed by atoms with van der Waals surface area (Å²) in [6.45, 7) is 0. The quantitative estimate of drug-likeness (QED) is 0.395. The van der Waals surface area contributed by atoms with E-state index in [-0.39, 0.29) is 102 Å². The van der Waals surface area contributed by atoms with Crippen molar-refractivity contribution >= 4 is 0 Å². The van der Waals surface area contributed by atoms with E-state index in [0.29, 0.717) is 0 Å². The van der Waals surface area contributed by atoms with Gasteiger partial charge in [-0.3, -0.25) is 0 Å². The largest absolute Gasteiger partial charge is 4.00 e. The molecule has 0 saturated carbocycles. The van der Waals surface area contributed by atoms with Gasteiger partial charge in [-0.1, -0.05) is 0 Å². The summed E-state index contributed by atoms with van der Waals surface area (Å²) in [6, 6.07) is 0. The van der Waals surface area contributed by atoms with E-state index in [9.17, 15) is 0 Å². The molecule has 8 heteroatoms. The Hall–Kier alpha value is 2.41. The molecule has 0 aliphatic rings. The van der Waals surface area contributed by atoms with Crippen molar-refractivity contribution in [1.29, 1.82) is 0 Å². The molecule has 0 aromatic carbocycles. The first-order valence-corrected chi connectivity index (χ1v) is 0. The van der Waals surface area contributed by atoms with Gasteiger partial charge in [-0.2, -0.15) is 0 Å². The van der Waals surface area contributed by atoms with E-state index >= 15 is 0 Å². The molecule has 0 bridgehead atoms. The number of halogens is 6. The molecule has 1 nitrogen and oxygen atoms in total. The summed E-state index contributed by atoms with van der Waals surface area (Å²) in [7, 11) is 0. The van der Waals surface area contributed by atoms with Crippen LogP contribution in [0, 0.1) is 0 Å². The Balaban J connectivity index is 0. The van der Waals surface area contributed by atoms with Crippen molar-refractivity contribution in [1.82, 2.24) is 0 Å². The van der Waals surface area contributed by atoms with Crippen LogP contribution in [0.25, 0.3) is 0 Å². The molecule has 0 atom stereocenters. The monoisotopic (exact) mass is 278 g/mol. The summed E-state index contributed by atoms with van der Waals surface area (Å²) in [5, 5.41) is 0. The van der Waals surface area contributed by atoms with Crippen LogP contribution in [-0.4, -0.2) is 0 Å². The van der Waals surface area contributed by atoms with Crippen LogP contribution in [0.2, 0.25) is 0 Å². The maximum Gasteiger partial charge on any atom is 4.00 e. The van der Waals surface area contributed by atoms with Crippen molar-refractivity contribution in [2.45, 2.75) is 0 Å². The van der Waals surface area contributed by atoms with Crippen molar-refractivity contribution in [3.63, 3.8) is 0 Å².